The number of hydrogen-bond acceptors (Lipinski definition) is 6. The van der Waals surface area contributed by atoms with Crippen LogP contribution in [0, 0.1) is 5.82 Å². The number of aromatic hydroxyl groups is 1. The standard InChI is InChI=1S/C25H16FNO5S/c1-31-15-11-12-16-18(13-15)27(14-7-3-2-4-8-14)24(29)20-21(28)23(25(30)32-22(16)20)33-19-10-6-5-9-17(19)26/h2-13,28H,1H3. The summed E-state index contributed by atoms with van der Waals surface area (Å²) in [6.07, 6.45) is 0. The first kappa shape index (κ1) is 20.8. The summed E-state index contributed by atoms with van der Waals surface area (Å²) in [4.78, 5) is 26.3. The lowest BCUT2D eigenvalue weighted by Gasteiger charge is -2.15. The van der Waals surface area contributed by atoms with Gasteiger partial charge in [-0.25, -0.2) is 9.18 Å². The number of rotatable bonds is 4. The number of nitrogens with zero attached hydrogens (tertiary/aromatic N) is 1. The Morgan fingerprint density at radius 1 is 1.00 bits per heavy atom. The monoisotopic (exact) mass is 461 g/mol. The summed E-state index contributed by atoms with van der Waals surface area (Å²) in [5.41, 5.74) is -0.521. The number of aromatic nitrogens is 1. The average Bonchev–Trinajstić information content (AvgIpc) is 2.83. The topological polar surface area (TPSA) is 81.7 Å². The van der Waals surface area contributed by atoms with Crippen molar-refractivity contribution in [3.05, 3.63) is 99.4 Å². The third-order valence-corrected chi connectivity index (χ3v) is 6.34. The minimum absolute atomic E-state index is 0.0507. The summed E-state index contributed by atoms with van der Waals surface area (Å²) < 4.78 is 26.4. The summed E-state index contributed by atoms with van der Waals surface area (Å²) in [5, 5.41) is 11.3. The summed E-state index contributed by atoms with van der Waals surface area (Å²) in [6, 6.07) is 19.7. The summed E-state index contributed by atoms with van der Waals surface area (Å²) in [6.45, 7) is 0. The second kappa shape index (κ2) is 8.14. The molecule has 0 atom stereocenters. The SMILES string of the molecule is COc1ccc2c3oc(=O)c(Sc4ccccc4F)c(O)c3c(=O)n(-c3ccccc3)c2c1. The maximum Gasteiger partial charge on any atom is 0.354 e. The Morgan fingerprint density at radius 2 is 1.73 bits per heavy atom. The fraction of sp³-hybridized carbons (Fsp3) is 0.0400. The molecule has 0 unspecified atom stereocenters. The van der Waals surface area contributed by atoms with Gasteiger partial charge < -0.3 is 14.3 Å². The number of methoxy groups -OCH3 is 1. The molecule has 2 aromatic heterocycles. The van der Waals surface area contributed by atoms with E-state index in [0.717, 1.165) is 0 Å². The van der Waals surface area contributed by atoms with Crippen molar-refractivity contribution in [2.75, 3.05) is 7.11 Å². The van der Waals surface area contributed by atoms with Gasteiger partial charge >= 0.3 is 5.63 Å². The van der Waals surface area contributed by atoms with Crippen LogP contribution in [0.1, 0.15) is 0 Å². The summed E-state index contributed by atoms with van der Waals surface area (Å²) in [7, 11) is 1.51. The smallest absolute Gasteiger partial charge is 0.354 e. The second-order valence-corrected chi connectivity index (χ2v) is 8.22. The third-order valence-electron chi connectivity index (χ3n) is 5.23. The molecular formula is C25H16FNO5S. The molecule has 2 heterocycles. The minimum atomic E-state index is -0.873. The molecule has 0 bridgehead atoms. The molecular weight excluding hydrogens is 445 g/mol. The first-order valence-corrected chi connectivity index (χ1v) is 10.7. The van der Waals surface area contributed by atoms with Crippen LogP contribution in [0.15, 0.2) is 96.6 Å². The van der Waals surface area contributed by atoms with Gasteiger partial charge in [0.1, 0.15) is 21.8 Å². The summed E-state index contributed by atoms with van der Waals surface area (Å²) in [5.74, 6) is -0.611. The first-order valence-electron chi connectivity index (χ1n) is 9.90. The van der Waals surface area contributed by atoms with Crippen LogP contribution < -0.4 is 15.9 Å². The van der Waals surface area contributed by atoms with Crippen molar-refractivity contribution in [1.29, 1.82) is 0 Å². The molecule has 0 amide bonds. The molecule has 5 rings (SSSR count). The highest BCUT2D eigenvalue weighted by molar-refractivity contribution is 7.99. The van der Waals surface area contributed by atoms with E-state index in [4.69, 9.17) is 9.15 Å². The van der Waals surface area contributed by atoms with Crippen LogP contribution in [0.3, 0.4) is 0 Å². The van der Waals surface area contributed by atoms with Crippen molar-refractivity contribution in [3.8, 4) is 17.2 Å². The van der Waals surface area contributed by atoms with E-state index < -0.39 is 22.8 Å². The van der Waals surface area contributed by atoms with Crippen LogP contribution >= 0.6 is 11.8 Å². The van der Waals surface area contributed by atoms with Gasteiger partial charge in [0.05, 0.1) is 12.6 Å². The lowest BCUT2D eigenvalue weighted by molar-refractivity contribution is 0.415. The van der Waals surface area contributed by atoms with E-state index >= 15 is 0 Å². The molecule has 1 N–H and O–H groups in total. The van der Waals surface area contributed by atoms with E-state index in [9.17, 15) is 19.1 Å². The van der Waals surface area contributed by atoms with Crippen molar-refractivity contribution in [2.45, 2.75) is 9.79 Å². The van der Waals surface area contributed by atoms with Crippen LogP contribution in [-0.4, -0.2) is 16.8 Å². The maximum absolute atomic E-state index is 14.2. The highest BCUT2D eigenvalue weighted by Crippen LogP contribution is 2.38. The molecule has 164 valence electrons. The predicted molar refractivity (Wildman–Crippen MR) is 124 cm³/mol. The highest BCUT2D eigenvalue weighted by atomic mass is 32.2. The van der Waals surface area contributed by atoms with Gasteiger partial charge in [0.15, 0.2) is 11.3 Å². The molecule has 3 aromatic carbocycles. The van der Waals surface area contributed by atoms with E-state index in [0.29, 0.717) is 34.1 Å². The largest absolute Gasteiger partial charge is 0.505 e. The fourth-order valence-electron chi connectivity index (χ4n) is 3.69. The Morgan fingerprint density at radius 3 is 2.45 bits per heavy atom. The highest BCUT2D eigenvalue weighted by Gasteiger charge is 2.23. The van der Waals surface area contributed by atoms with E-state index in [1.54, 1.807) is 48.5 Å². The Balaban J connectivity index is 1.90. The summed E-state index contributed by atoms with van der Waals surface area (Å²) >= 11 is 0.705. The zero-order valence-electron chi connectivity index (χ0n) is 17.2. The van der Waals surface area contributed by atoms with Crippen LogP contribution in [0.2, 0.25) is 0 Å². The van der Waals surface area contributed by atoms with Gasteiger partial charge in [0.25, 0.3) is 5.56 Å². The molecule has 0 aliphatic rings. The fourth-order valence-corrected chi connectivity index (χ4v) is 4.55. The van der Waals surface area contributed by atoms with Gasteiger partial charge in [-0.15, -0.1) is 0 Å². The van der Waals surface area contributed by atoms with Gasteiger partial charge in [-0.1, -0.05) is 42.1 Å². The molecule has 6 nitrogen and oxygen atoms in total. The van der Waals surface area contributed by atoms with Crippen molar-refractivity contribution in [1.82, 2.24) is 4.57 Å². The van der Waals surface area contributed by atoms with E-state index in [2.05, 4.69) is 0 Å². The zero-order valence-corrected chi connectivity index (χ0v) is 18.1. The van der Waals surface area contributed by atoms with Gasteiger partial charge in [-0.3, -0.25) is 9.36 Å². The molecule has 0 aliphatic carbocycles. The van der Waals surface area contributed by atoms with Gasteiger partial charge in [-0.2, -0.15) is 0 Å². The van der Waals surface area contributed by atoms with Crippen molar-refractivity contribution in [2.24, 2.45) is 0 Å². The number of hydrogen-bond donors (Lipinski definition) is 1. The van der Waals surface area contributed by atoms with Crippen LogP contribution in [-0.2, 0) is 0 Å². The number of benzene rings is 3. The first-order chi connectivity index (χ1) is 16.0. The Kier molecular flexibility index (Phi) is 5.14. The minimum Gasteiger partial charge on any atom is -0.505 e. The van der Waals surface area contributed by atoms with Gasteiger partial charge in [-0.05, 0) is 36.4 Å². The molecule has 0 spiro atoms. The molecule has 0 fully saturated rings. The maximum atomic E-state index is 14.2. The van der Waals surface area contributed by atoms with Gasteiger partial charge in [0.2, 0.25) is 0 Å². The quantitative estimate of drug-likeness (QED) is 0.375. The van der Waals surface area contributed by atoms with Crippen LogP contribution in [0.4, 0.5) is 4.39 Å². The molecule has 0 saturated heterocycles. The number of fused-ring (bicyclic) bond motifs is 3. The normalized spacial score (nSPS) is 11.2. The van der Waals surface area contributed by atoms with Gasteiger partial charge in [0, 0.05) is 22.0 Å². The molecule has 33 heavy (non-hydrogen) atoms. The molecule has 8 heteroatoms. The zero-order chi connectivity index (χ0) is 23.1. The van der Waals surface area contributed by atoms with Crippen molar-refractivity contribution < 1.29 is 18.7 Å². The van der Waals surface area contributed by atoms with Crippen LogP contribution in [0.25, 0.3) is 27.6 Å². The lowest BCUT2D eigenvalue weighted by atomic mass is 10.1. The van der Waals surface area contributed by atoms with Crippen LogP contribution in [0.5, 0.6) is 11.5 Å². The van der Waals surface area contributed by atoms with Crippen molar-refractivity contribution >= 4 is 33.6 Å². The number of para-hydroxylation sites is 1. The number of ether oxygens (including phenoxy) is 1. The van der Waals surface area contributed by atoms with E-state index in [1.807, 2.05) is 6.07 Å². The molecule has 0 radical (unpaired) electrons. The molecule has 5 aromatic rings. The second-order valence-electron chi connectivity index (χ2n) is 7.16. The molecule has 0 saturated carbocycles. The molecule has 0 aliphatic heterocycles. The Hall–Kier alpha value is -4.04. The van der Waals surface area contributed by atoms with E-state index in [-0.39, 0.29) is 20.8 Å². The Labute approximate surface area is 190 Å². The predicted octanol–water partition coefficient (Wildman–Crippen LogP) is 5.10. The van der Waals surface area contributed by atoms with Crippen molar-refractivity contribution in [3.63, 3.8) is 0 Å². The van der Waals surface area contributed by atoms with E-state index in [1.165, 1.54) is 29.9 Å². The Bertz CT molecular complexity index is 1640. The third kappa shape index (κ3) is 3.44. The number of halogens is 1. The average molecular weight is 461 g/mol. The lowest BCUT2D eigenvalue weighted by Crippen LogP contribution is -2.20. The number of pyridine rings is 1.